The first-order valence-electron chi connectivity index (χ1n) is 9.47. The summed E-state index contributed by atoms with van der Waals surface area (Å²) >= 11 is 5.88. The Kier molecular flexibility index (Phi) is 7.88. The van der Waals surface area contributed by atoms with Gasteiger partial charge in [-0.2, -0.15) is 9.41 Å². The number of hydrazone groups is 1. The van der Waals surface area contributed by atoms with E-state index in [9.17, 15) is 13.2 Å². The van der Waals surface area contributed by atoms with E-state index in [2.05, 4.69) is 15.5 Å². The van der Waals surface area contributed by atoms with Gasteiger partial charge in [-0.15, -0.1) is 0 Å². The van der Waals surface area contributed by atoms with Crippen LogP contribution in [-0.2, 0) is 21.2 Å². The van der Waals surface area contributed by atoms with Crippen LogP contribution in [0.1, 0.15) is 11.1 Å². The largest absolute Gasteiger partial charge is 0.272 e. The van der Waals surface area contributed by atoms with Crippen molar-refractivity contribution in [1.82, 2.24) is 14.7 Å². The molecule has 0 atom stereocenters. The summed E-state index contributed by atoms with van der Waals surface area (Å²) in [6.07, 6.45) is 5.11. The number of nitrogens with one attached hydrogen (secondary N) is 1. The first-order chi connectivity index (χ1) is 14.9. The first-order valence-corrected chi connectivity index (χ1v) is 11.3. The highest BCUT2D eigenvalue weighted by molar-refractivity contribution is 7.89. The van der Waals surface area contributed by atoms with Gasteiger partial charge in [0.2, 0.25) is 10.0 Å². The standard InChI is InChI=1S/C22H21ClN4O3S/c23-20-8-10-21(11-9-20)31(29,30)27(14-12-18-5-2-1-3-6-18)17-22(28)26-25-16-19-7-4-13-24-15-19/h1-11,13,15-16H,12,14,17H2,(H,26,28)/b25-16-. The second kappa shape index (κ2) is 10.8. The van der Waals surface area contributed by atoms with Gasteiger partial charge >= 0.3 is 0 Å². The van der Waals surface area contributed by atoms with Gasteiger partial charge in [0, 0.05) is 29.5 Å². The zero-order chi connectivity index (χ0) is 22.1. The van der Waals surface area contributed by atoms with Crippen molar-refractivity contribution in [1.29, 1.82) is 0 Å². The number of rotatable bonds is 9. The van der Waals surface area contributed by atoms with E-state index in [1.54, 1.807) is 24.5 Å². The molecule has 0 bridgehead atoms. The second-order valence-corrected chi connectivity index (χ2v) is 8.98. The van der Waals surface area contributed by atoms with Crippen molar-refractivity contribution in [2.45, 2.75) is 11.3 Å². The molecule has 1 heterocycles. The molecule has 1 aromatic heterocycles. The van der Waals surface area contributed by atoms with Crippen LogP contribution in [0.2, 0.25) is 5.02 Å². The fourth-order valence-corrected chi connectivity index (χ4v) is 4.29. The molecule has 0 fully saturated rings. The van der Waals surface area contributed by atoms with Gasteiger partial charge in [0.25, 0.3) is 5.91 Å². The van der Waals surface area contributed by atoms with Gasteiger partial charge < -0.3 is 0 Å². The highest BCUT2D eigenvalue weighted by Crippen LogP contribution is 2.19. The molecule has 3 aromatic rings. The maximum absolute atomic E-state index is 13.2. The van der Waals surface area contributed by atoms with Gasteiger partial charge in [-0.1, -0.05) is 48.0 Å². The summed E-state index contributed by atoms with van der Waals surface area (Å²) in [5.41, 5.74) is 4.04. The highest BCUT2D eigenvalue weighted by atomic mass is 35.5. The number of amides is 1. The van der Waals surface area contributed by atoms with Crippen molar-refractivity contribution in [3.63, 3.8) is 0 Å². The van der Waals surface area contributed by atoms with Gasteiger partial charge in [0.1, 0.15) is 0 Å². The SMILES string of the molecule is O=C(CN(CCc1ccccc1)S(=O)(=O)c1ccc(Cl)cc1)N/N=C\c1cccnc1. The van der Waals surface area contributed by atoms with Crippen molar-refractivity contribution >= 4 is 33.7 Å². The monoisotopic (exact) mass is 456 g/mol. The van der Waals surface area contributed by atoms with Crippen molar-refractivity contribution in [3.8, 4) is 0 Å². The molecule has 31 heavy (non-hydrogen) atoms. The Hall–Kier alpha value is -3.07. The number of benzene rings is 2. The quantitative estimate of drug-likeness (QED) is 0.395. The molecule has 0 saturated carbocycles. The maximum Gasteiger partial charge on any atom is 0.255 e. The summed E-state index contributed by atoms with van der Waals surface area (Å²) in [5.74, 6) is -0.550. The summed E-state index contributed by atoms with van der Waals surface area (Å²) < 4.78 is 27.4. The molecule has 0 aliphatic carbocycles. The molecule has 160 valence electrons. The van der Waals surface area contributed by atoms with Crippen molar-refractivity contribution < 1.29 is 13.2 Å². The van der Waals surface area contributed by atoms with Crippen LogP contribution in [0, 0.1) is 0 Å². The Bertz CT molecular complexity index is 1120. The number of hydrogen-bond donors (Lipinski definition) is 1. The molecule has 0 spiro atoms. The third kappa shape index (κ3) is 6.71. The highest BCUT2D eigenvalue weighted by Gasteiger charge is 2.26. The average molecular weight is 457 g/mol. The number of pyridine rings is 1. The van der Waals surface area contributed by atoms with Crippen LogP contribution >= 0.6 is 11.6 Å². The number of aromatic nitrogens is 1. The topological polar surface area (TPSA) is 91.7 Å². The van der Waals surface area contributed by atoms with Crippen LogP contribution < -0.4 is 5.43 Å². The van der Waals surface area contributed by atoms with E-state index in [0.717, 1.165) is 9.87 Å². The number of hydrogen-bond acceptors (Lipinski definition) is 5. The summed E-state index contributed by atoms with van der Waals surface area (Å²) in [5, 5.41) is 4.30. The normalized spacial score (nSPS) is 11.7. The Morgan fingerprint density at radius 3 is 2.48 bits per heavy atom. The summed E-state index contributed by atoms with van der Waals surface area (Å²) in [6.45, 7) is -0.239. The molecule has 0 saturated heterocycles. The third-order valence-corrected chi connectivity index (χ3v) is 6.46. The van der Waals surface area contributed by atoms with Crippen molar-refractivity contribution in [3.05, 3.63) is 95.3 Å². The average Bonchev–Trinajstić information content (AvgIpc) is 2.78. The smallest absolute Gasteiger partial charge is 0.255 e. The van der Waals surface area contributed by atoms with Gasteiger partial charge in [-0.25, -0.2) is 13.8 Å². The molecular formula is C22H21ClN4O3S. The van der Waals surface area contributed by atoms with Crippen LogP contribution in [0.3, 0.4) is 0 Å². The minimum Gasteiger partial charge on any atom is -0.272 e. The number of carbonyl (C=O) groups is 1. The second-order valence-electron chi connectivity index (χ2n) is 6.61. The van der Waals surface area contributed by atoms with Gasteiger partial charge in [0.15, 0.2) is 0 Å². The van der Waals surface area contributed by atoms with Crippen molar-refractivity contribution in [2.75, 3.05) is 13.1 Å². The molecule has 7 nitrogen and oxygen atoms in total. The Morgan fingerprint density at radius 2 is 1.81 bits per heavy atom. The van der Waals surface area contributed by atoms with E-state index in [1.165, 1.54) is 30.5 Å². The van der Waals surface area contributed by atoms with Crippen LogP contribution in [0.5, 0.6) is 0 Å². The van der Waals surface area contributed by atoms with Crippen LogP contribution in [0.15, 0.2) is 89.1 Å². The van der Waals surface area contributed by atoms with E-state index < -0.39 is 15.9 Å². The number of carbonyl (C=O) groups excluding carboxylic acids is 1. The van der Waals surface area contributed by atoms with E-state index in [-0.39, 0.29) is 18.0 Å². The molecule has 1 amide bonds. The molecule has 2 aromatic carbocycles. The third-order valence-electron chi connectivity index (χ3n) is 4.35. The molecule has 0 radical (unpaired) electrons. The molecule has 0 aliphatic heterocycles. The lowest BCUT2D eigenvalue weighted by Crippen LogP contribution is -2.40. The summed E-state index contributed by atoms with van der Waals surface area (Å²) in [6, 6.07) is 18.8. The Labute approximate surface area is 186 Å². The Morgan fingerprint density at radius 1 is 1.06 bits per heavy atom. The predicted molar refractivity (Wildman–Crippen MR) is 120 cm³/mol. The lowest BCUT2D eigenvalue weighted by molar-refractivity contribution is -0.121. The van der Waals surface area contributed by atoms with Gasteiger partial charge in [0.05, 0.1) is 17.7 Å². The number of sulfonamides is 1. The fourth-order valence-electron chi connectivity index (χ4n) is 2.76. The number of halogens is 1. The van der Waals surface area contributed by atoms with E-state index in [0.29, 0.717) is 17.0 Å². The van der Waals surface area contributed by atoms with Gasteiger partial charge in [-0.3, -0.25) is 9.78 Å². The van der Waals surface area contributed by atoms with E-state index in [4.69, 9.17) is 11.6 Å². The van der Waals surface area contributed by atoms with Crippen LogP contribution in [0.25, 0.3) is 0 Å². The zero-order valence-electron chi connectivity index (χ0n) is 16.6. The lowest BCUT2D eigenvalue weighted by Gasteiger charge is -2.21. The minimum atomic E-state index is -3.91. The molecule has 1 N–H and O–H groups in total. The van der Waals surface area contributed by atoms with Crippen LogP contribution in [0.4, 0.5) is 0 Å². The van der Waals surface area contributed by atoms with Crippen molar-refractivity contribution in [2.24, 2.45) is 5.10 Å². The van der Waals surface area contributed by atoms with E-state index >= 15 is 0 Å². The molecule has 0 aliphatic rings. The fraction of sp³-hybridized carbons (Fsp3) is 0.136. The first kappa shape index (κ1) is 22.6. The summed E-state index contributed by atoms with van der Waals surface area (Å²) in [4.78, 5) is 16.4. The van der Waals surface area contributed by atoms with E-state index in [1.807, 2.05) is 30.3 Å². The predicted octanol–water partition coefficient (Wildman–Crippen LogP) is 3.12. The Balaban J connectivity index is 1.73. The molecule has 3 rings (SSSR count). The summed E-state index contributed by atoms with van der Waals surface area (Å²) in [7, 11) is -3.91. The zero-order valence-corrected chi connectivity index (χ0v) is 18.1. The molecule has 0 unspecified atom stereocenters. The maximum atomic E-state index is 13.2. The van der Waals surface area contributed by atoms with Crippen LogP contribution in [-0.4, -0.2) is 42.9 Å². The minimum absolute atomic E-state index is 0.0663. The lowest BCUT2D eigenvalue weighted by atomic mass is 10.1. The van der Waals surface area contributed by atoms with Gasteiger partial charge in [-0.05, 0) is 42.3 Å². The molecule has 9 heteroatoms. The number of nitrogens with zero attached hydrogens (tertiary/aromatic N) is 3. The molecular weight excluding hydrogens is 436 g/mol.